The van der Waals surface area contributed by atoms with Crippen molar-refractivity contribution in [2.45, 2.75) is 25.9 Å². The van der Waals surface area contributed by atoms with Crippen LogP contribution in [0.25, 0.3) is 0 Å². The average Bonchev–Trinajstić information content (AvgIpc) is 2.01. The Kier molecular flexibility index (Phi) is 3.09. The van der Waals surface area contributed by atoms with Crippen LogP contribution in [0.4, 0.5) is 4.39 Å². The maximum Gasteiger partial charge on any atom is 0.115 e. The lowest BCUT2D eigenvalue weighted by atomic mass is 10.1. The number of phenolic OH excluding ortho intramolecular Hbond substituents is 1. The third-order valence-corrected chi connectivity index (χ3v) is 1.74. The van der Waals surface area contributed by atoms with Crippen LogP contribution in [-0.2, 0) is 6.42 Å². The van der Waals surface area contributed by atoms with E-state index in [0.717, 1.165) is 5.56 Å². The van der Waals surface area contributed by atoms with Gasteiger partial charge in [0.05, 0.1) is 6.17 Å². The van der Waals surface area contributed by atoms with Crippen molar-refractivity contribution in [3.8, 4) is 5.75 Å². The molecular formula is C10H13FO. The maximum absolute atomic E-state index is 12.4. The molecule has 2 heteroatoms. The molecule has 1 rings (SSSR count). The minimum atomic E-state index is -0.771. The first-order chi connectivity index (χ1) is 5.68. The number of aryl methyl sites for hydroxylation is 1. The third kappa shape index (κ3) is 2.91. The summed E-state index contributed by atoms with van der Waals surface area (Å²) in [4.78, 5) is 0. The van der Waals surface area contributed by atoms with E-state index in [4.69, 9.17) is 5.11 Å². The zero-order valence-corrected chi connectivity index (χ0v) is 7.13. The number of aromatic hydroxyl groups is 1. The second-order valence-corrected chi connectivity index (χ2v) is 2.99. The van der Waals surface area contributed by atoms with Crippen LogP contribution in [0.15, 0.2) is 24.3 Å². The second-order valence-electron chi connectivity index (χ2n) is 2.99. The normalized spacial score (nSPS) is 12.8. The number of phenols is 1. The summed E-state index contributed by atoms with van der Waals surface area (Å²) in [5, 5.41) is 9.08. The summed E-state index contributed by atoms with van der Waals surface area (Å²) in [6.45, 7) is 1.54. The molecule has 0 amide bonds. The smallest absolute Gasteiger partial charge is 0.115 e. The molecule has 0 aliphatic carbocycles. The predicted molar refractivity (Wildman–Crippen MR) is 47.0 cm³/mol. The van der Waals surface area contributed by atoms with Gasteiger partial charge in [0.15, 0.2) is 0 Å². The minimum absolute atomic E-state index is 0.249. The molecule has 0 heterocycles. The third-order valence-electron chi connectivity index (χ3n) is 1.74. The topological polar surface area (TPSA) is 20.2 Å². The molecule has 1 aromatic carbocycles. The Balaban J connectivity index is 2.52. The second kappa shape index (κ2) is 4.10. The van der Waals surface area contributed by atoms with Crippen LogP contribution in [0, 0.1) is 0 Å². The average molecular weight is 168 g/mol. The van der Waals surface area contributed by atoms with Gasteiger partial charge in [-0.3, -0.25) is 0 Å². The van der Waals surface area contributed by atoms with Gasteiger partial charge < -0.3 is 5.11 Å². The summed E-state index contributed by atoms with van der Waals surface area (Å²) in [5.41, 5.74) is 0.986. The maximum atomic E-state index is 12.4. The largest absolute Gasteiger partial charge is 0.508 e. The Bertz CT molecular complexity index is 245. The standard InChI is InChI=1S/C10H13FO/c1-8(11)5-6-9-3-2-4-10(12)7-9/h2-4,7-8,12H,5-6H2,1H3. The van der Waals surface area contributed by atoms with Crippen LogP contribution in [0.5, 0.6) is 5.75 Å². The SMILES string of the molecule is CC(F)CCc1cccc(O)c1. The van der Waals surface area contributed by atoms with E-state index in [9.17, 15) is 4.39 Å². The first-order valence-electron chi connectivity index (χ1n) is 4.10. The van der Waals surface area contributed by atoms with E-state index >= 15 is 0 Å². The molecule has 66 valence electrons. The number of halogens is 1. The molecule has 1 N–H and O–H groups in total. The van der Waals surface area contributed by atoms with Gasteiger partial charge >= 0.3 is 0 Å². The van der Waals surface area contributed by atoms with Crippen molar-refractivity contribution in [1.82, 2.24) is 0 Å². The fraction of sp³-hybridized carbons (Fsp3) is 0.400. The molecule has 1 aromatic rings. The van der Waals surface area contributed by atoms with Gasteiger partial charge in [-0.1, -0.05) is 12.1 Å². The van der Waals surface area contributed by atoms with E-state index in [1.807, 2.05) is 6.07 Å². The Morgan fingerprint density at radius 3 is 2.83 bits per heavy atom. The zero-order valence-electron chi connectivity index (χ0n) is 7.13. The van der Waals surface area contributed by atoms with E-state index in [-0.39, 0.29) is 5.75 Å². The van der Waals surface area contributed by atoms with Crippen molar-refractivity contribution >= 4 is 0 Å². The lowest BCUT2D eigenvalue weighted by Crippen LogP contribution is -1.95. The van der Waals surface area contributed by atoms with Crippen molar-refractivity contribution in [1.29, 1.82) is 0 Å². The van der Waals surface area contributed by atoms with Gasteiger partial charge in [-0.05, 0) is 37.5 Å². The van der Waals surface area contributed by atoms with Crippen LogP contribution in [-0.4, -0.2) is 11.3 Å². The quantitative estimate of drug-likeness (QED) is 0.735. The van der Waals surface area contributed by atoms with E-state index in [1.54, 1.807) is 25.1 Å². The molecule has 1 atom stereocenters. The molecule has 0 saturated carbocycles. The highest BCUT2D eigenvalue weighted by Gasteiger charge is 1.99. The van der Waals surface area contributed by atoms with Gasteiger partial charge in [-0.15, -0.1) is 0 Å². The van der Waals surface area contributed by atoms with Gasteiger partial charge in [-0.2, -0.15) is 0 Å². The van der Waals surface area contributed by atoms with Crippen LogP contribution in [0.1, 0.15) is 18.9 Å². The molecule has 0 aliphatic heterocycles. The Hall–Kier alpha value is -1.05. The molecular weight excluding hydrogens is 155 g/mol. The van der Waals surface area contributed by atoms with Crippen molar-refractivity contribution in [3.05, 3.63) is 29.8 Å². The summed E-state index contributed by atoms with van der Waals surface area (Å²) in [5.74, 6) is 0.249. The van der Waals surface area contributed by atoms with Crippen LogP contribution < -0.4 is 0 Å². The molecule has 0 fully saturated rings. The first-order valence-corrected chi connectivity index (χ1v) is 4.10. The fourth-order valence-corrected chi connectivity index (χ4v) is 1.08. The monoisotopic (exact) mass is 168 g/mol. The van der Waals surface area contributed by atoms with Crippen LogP contribution >= 0.6 is 0 Å². The van der Waals surface area contributed by atoms with E-state index in [0.29, 0.717) is 12.8 Å². The molecule has 0 aliphatic rings. The predicted octanol–water partition coefficient (Wildman–Crippen LogP) is 2.68. The van der Waals surface area contributed by atoms with E-state index in [2.05, 4.69) is 0 Å². The molecule has 0 bridgehead atoms. The van der Waals surface area contributed by atoms with Crippen LogP contribution in [0.2, 0.25) is 0 Å². The number of hydrogen-bond acceptors (Lipinski definition) is 1. The molecule has 0 saturated heterocycles. The van der Waals surface area contributed by atoms with E-state index in [1.165, 1.54) is 0 Å². The highest BCUT2D eigenvalue weighted by Crippen LogP contribution is 2.13. The molecule has 12 heavy (non-hydrogen) atoms. The highest BCUT2D eigenvalue weighted by molar-refractivity contribution is 5.27. The summed E-state index contributed by atoms with van der Waals surface area (Å²) in [6, 6.07) is 6.94. The first kappa shape index (κ1) is 9.04. The minimum Gasteiger partial charge on any atom is -0.508 e. The summed E-state index contributed by atoms with van der Waals surface area (Å²) < 4.78 is 12.4. The van der Waals surface area contributed by atoms with Crippen molar-refractivity contribution in [2.24, 2.45) is 0 Å². The Morgan fingerprint density at radius 1 is 1.50 bits per heavy atom. The lowest BCUT2D eigenvalue weighted by molar-refractivity contribution is 0.341. The van der Waals surface area contributed by atoms with E-state index < -0.39 is 6.17 Å². The Labute approximate surface area is 71.9 Å². The van der Waals surface area contributed by atoms with Crippen molar-refractivity contribution in [2.75, 3.05) is 0 Å². The number of hydrogen-bond donors (Lipinski definition) is 1. The summed E-state index contributed by atoms with van der Waals surface area (Å²) in [6.07, 6.45) is 0.433. The highest BCUT2D eigenvalue weighted by atomic mass is 19.1. The van der Waals surface area contributed by atoms with Gasteiger partial charge in [0.2, 0.25) is 0 Å². The lowest BCUT2D eigenvalue weighted by Gasteiger charge is -2.02. The molecule has 0 aromatic heterocycles. The zero-order chi connectivity index (χ0) is 8.97. The van der Waals surface area contributed by atoms with Gasteiger partial charge in [0.25, 0.3) is 0 Å². The summed E-state index contributed by atoms with van der Waals surface area (Å²) >= 11 is 0. The summed E-state index contributed by atoms with van der Waals surface area (Å²) in [7, 11) is 0. The Morgan fingerprint density at radius 2 is 2.25 bits per heavy atom. The molecule has 0 spiro atoms. The fourth-order valence-electron chi connectivity index (χ4n) is 1.08. The van der Waals surface area contributed by atoms with Gasteiger partial charge in [0, 0.05) is 0 Å². The van der Waals surface area contributed by atoms with Crippen molar-refractivity contribution in [3.63, 3.8) is 0 Å². The molecule has 0 radical (unpaired) electrons. The van der Waals surface area contributed by atoms with Crippen LogP contribution in [0.3, 0.4) is 0 Å². The van der Waals surface area contributed by atoms with Gasteiger partial charge in [0.1, 0.15) is 5.75 Å². The molecule has 1 unspecified atom stereocenters. The number of rotatable bonds is 3. The number of alkyl halides is 1. The van der Waals surface area contributed by atoms with Crippen molar-refractivity contribution < 1.29 is 9.50 Å². The number of benzene rings is 1. The molecule has 1 nitrogen and oxygen atoms in total. The van der Waals surface area contributed by atoms with Gasteiger partial charge in [-0.25, -0.2) is 4.39 Å².